The molecule has 1 atom stereocenters. The molecule has 7 heteroatoms. The molecule has 2 rings (SSSR count). The van der Waals surface area contributed by atoms with Crippen LogP contribution in [0.15, 0.2) is 0 Å². The maximum Gasteiger partial charge on any atom is 0.411 e. The van der Waals surface area contributed by atoms with Crippen LogP contribution in [0.4, 0.5) is 13.2 Å². The van der Waals surface area contributed by atoms with Crippen molar-refractivity contribution in [1.82, 2.24) is 5.32 Å². The fourth-order valence-corrected chi connectivity index (χ4v) is 2.60. The first kappa shape index (κ1) is 15.0. The first-order valence-electron chi connectivity index (χ1n) is 6.60. The van der Waals surface area contributed by atoms with Crippen molar-refractivity contribution in [1.29, 1.82) is 0 Å². The predicted molar refractivity (Wildman–Crippen MR) is 62.0 cm³/mol. The Bertz CT molecular complexity index is 280. The van der Waals surface area contributed by atoms with Crippen LogP contribution < -0.4 is 5.32 Å². The summed E-state index contributed by atoms with van der Waals surface area (Å²) >= 11 is 0. The molecule has 112 valence electrons. The molecule has 2 aliphatic rings. The van der Waals surface area contributed by atoms with Gasteiger partial charge in [-0.25, -0.2) is 0 Å². The van der Waals surface area contributed by atoms with E-state index in [1.54, 1.807) is 0 Å². The highest BCUT2D eigenvalue weighted by Gasteiger charge is 2.41. The monoisotopic (exact) mass is 283 g/mol. The van der Waals surface area contributed by atoms with Crippen molar-refractivity contribution < 1.29 is 27.4 Å². The highest BCUT2D eigenvalue weighted by molar-refractivity contribution is 4.93. The molecule has 0 aromatic heterocycles. The molecular weight excluding hydrogens is 263 g/mol. The Labute approximate surface area is 110 Å². The van der Waals surface area contributed by atoms with Gasteiger partial charge in [-0.3, -0.25) is 0 Å². The summed E-state index contributed by atoms with van der Waals surface area (Å²) in [4.78, 5) is 0. The van der Waals surface area contributed by atoms with Gasteiger partial charge in [0, 0.05) is 6.42 Å². The SMILES string of the molecule is FC(F)(F)COCCOC1COC2(CCNCC2)C1. The van der Waals surface area contributed by atoms with Gasteiger partial charge in [0.1, 0.15) is 6.61 Å². The summed E-state index contributed by atoms with van der Waals surface area (Å²) in [6, 6.07) is 0. The van der Waals surface area contributed by atoms with Crippen LogP contribution >= 0.6 is 0 Å². The maximum absolute atomic E-state index is 11.8. The van der Waals surface area contributed by atoms with Gasteiger partial charge >= 0.3 is 6.18 Å². The van der Waals surface area contributed by atoms with Crippen molar-refractivity contribution in [2.24, 2.45) is 0 Å². The lowest BCUT2D eigenvalue weighted by Gasteiger charge is -2.32. The number of ether oxygens (including phenoxy) is 3. The normalized spacial score (nSPS) is 27.0. The van der Waals surface area contributed by atoms with E-state index in [0.29, 0.717) is 6.61 Å². The summed E-state index contributed by atoms with van der Waals surface area (Å²) in [5, 5.41) is 3.28. The molecular formula is C12H20F3NO3. The largest absolute Gasteiger partial charge is 0.411 e. The maximum atomic E-state index is 11.8. The van der Waals surface area contributed by atoms with Crippen molar-refractivity contribution >= 4 is 0 Å². The van der Waals surface area contributed by atoms with Crippen molar-refractivity contribution in [2.45, 2.75) is 37.1 Å². The van der Waals surface area contributed by atoms with E-state index in [0.717, 1.165) is 32.4 Å². The Hall–Kier alpha value is -0.370. The van der Waals surface area contributed by atoms with Gasteiger partial charge in [0.05, 0.1) is 31.5 Å². The third-order valence-electron chi connectivity index (χ3n) is 3.54. The zero-order valence-electron chi connectivity index (χ0n) is 10.8. The van der Waals surface area contributed by atoms with Gasteiger partial charge < -0.3 is 19.5 Å². The minimum atomic E-state index is -4.27. The van der Waals surface area contributed by atoms with E-state index in [1.807, 2.05) is 0 Å². The molecule has 0 aromatic carbocycles. The number of rotatable bonds is 5. The third kappa shape index (κ3) is 4.91. The average Bonchev–Trinajstić information content (AvgIpc) is 2.71. The second-order valence-electron chi connectivity index (χ2n) is 5.11. The molecule has 0 saturated carbocycles. The fraction of sp³-hybridized carbons (Fsp3) is 1.00. The number of nitrogens with one attached hydrogen (secondary N) is 1. The number of halogens is 3. The number of alkyl halides is 3. The van der Waals surface area contributed by atoms with Crippen LogP contribution in [0.5, 0.6) is 0 Å². The first-order valence-corrected chi connectivity index (χ1v) is 6.60. The number of hydrogen-bond donors (Lipinski definition) is 1. The summed E-state index contributed by atoms with van der Waals surface area (Å²) in [6.07, 6.45) is -1.52. The van der Waals surface area contributed by atoms with Crippen LogP contribution in [0.25, 0.3) is 0 Å². The lowest BCUT2D eigenvalue weighted by Crippen LogP contribution is -2.41. The van der Waals surface area contributed by atoms with Crippen LogP contribution in [0, 0.1) is 0 Å². The molecule has 2 aliphatic heterocycles. The highest BCUT2D eigenvalue weighted by Crippen LogP contribution is 2.35. The quantitative estimate of drug-likeness (QED) is 0.776. The van der Waals surface area contributed by atoms with E-state index in [1.165, 1.54) is 0 Å². The van der Waals surface area contributed by atoms with Crippen molar-refractivity contribution in [2.75, 3.05) is 39.5 Å². The van der Waals surface area contributed by atoms with Gasteiger partial charge in [0.15, 0.2) is 0 Å². The summed E-state index contributed by atoms with van der Waals surface area (Å²) < 4.78 is 51.3. The predicted octanol–water partition coefficient (Wildman–Crippen LogP) is 1.49. The van der Waals surface area contributed by atoms with Gasteiger partial charge in [-0.05, 0) is 25.9 Å². The molecule has 1 N–H and O–H groups in total. The summed E-state index contributed by atoms with van der Waals surface area (Å²) in [5.41, 5.74) is -0.0806. The standard InChI is InChI=1S/C12H20F3NO3/c13-12(14,15)9-17-5-6-18-10-7-11(19-8-10)1-3-16-4-2-11/h10,16H,1-9H2. The molecule has 0 radical (unpaired) electrons. The zero-order chi connectivity index (χ0) is 13.8. The summed E-state index contributed by atoms with van der Waals surface area (Å²) in [6.45, 7) is 1.35. The number of piperidine rings is 1. The van der Waals surface area contributed by atoms with E-state index >= 15 is 0 Å². The van der Waals surface area contributed by atoms with Crippen molar-refractivity contribution in [3.63, 3.8) is 0 Å². The molecule has 0 bridgehead atoms. The average molecular weight is 283 g/mol. The molecule has 0 aliphatic carbocycles. The van der Waals surface area contributed by atoms with Gasteiger partial charge in [-0.15, -0.1) is 0 Å². The van der Waals surface area contributed by atoms with Crippen LogP contribution in [0.2, 0.25) is 0 Å². The van der Waals surface area contributed by atoms with Gasteiger partial charge in [-0.2, -0.15) is 13.2 Å². The molecule has 4 nitrogen and oxygen atoms in total. The summed E-state index contributed by atoms with van der Waals surface area (Å²) in [5.74, 6) is 0. The molecule has 2 heterocycles. The zero-order valence-corrected chi connectivity index (χ0v) is 10.8. The first-order chi connectivity index (χ1) is 8.99. The molecule has 1 spiro atoms. The van der Waals surface area contributed by atoms with E-state index < -0.39 is 12.8 Å². The van der Waals surface area contributed by atoms with Crippen LogP contribution in [0.1, 0.15) is 19.3 Å². The van der Waals surface area contributed by atoms with Gasteiger partial charge in [0.25, 0.3) is 0 Å². The van der Waals surface area contributed by atoms with Crippen molar-refractivity contribution in [3.8, 4) is 0 Å². The Kier molecular flexibility index (Phi) is 5.05. The second kappa shape index (κ2) is 6.39. The lowest BCUT2D eigenvalue weighted by molar-refractivity contribution is -0.177. The second-order valence-corrected chi connectivity index (χ2v) is 5.11. The topological polar surface area (TPSA) is 39.7 Å². The van der Waals surface area contributed by atoms with E-state index in [9.17, 15) is 13.2 Å². The number of hydrogen-bond acceptors (Lipinski definition) is 4. The van der Waals surface area contributed by atoms with Crippen LogP contribution in [0.3, 0.4) is 0 Å². The molecule has 2 fully saturated rings. The summed E-state index contributed by atoms with van der Waals surface area (Å²) in [7, 11) is 0. The van der Waals surface area contributed by atoms with E-state index in [4.69, 9.17) is 9.47 Å². The molecule has 0 aromatic rings. The lowest BCUT2D eigenvalue weighted by atomic mass is 9.89. The van der Waals surface area contributed by atoms with Crippen molar-refractivity contribution in [3.05, 3.63) is 0 Å². The molecule has 19 heavy (non-hydrogen) atoms. The van der Waals surface area contributed by atoms with E-state index in [2.05, 4.69) is 10.1 Å². The smallest absolute Gasteiger partial charge is 0.373 e. The molecule has 1 unspecified atom stereocenters. The Balaban J connectivity index is 1.58. The Morgan fingerprint density at radius 2 is 1.95 bits per heavy atom. The molecule has 2 saturated heterocycles. The van der Waals surface area contributed by atoms with Crippen LogP contribution in [-0.2, 0) is 14.2 Å². The van der Waals surface area contributed by atoms with Crippen LogP contribution in [-0.4, -0.2) is 57.4 Å². The molecule has 0 amide bonds. The third-order valence-corrected chi connectivity index (χ3v) is 3.54. The highest BCUT2D eigenvalue weighted by atomic mass is 19.4. The Morgan fingerprint density at radius 3 is 2.63 bits per heavy atom. The van der Waals surface area contributed by atoms with Gasteiger partial charge in [-0.1, -0.05) is 0 Å². The van der Waals surface area contributed by atoms with E-state index in [-0.39, 0.29) is 24.9 Å². The minimum absolute atomic E-state index is 0.0208. The Morgan fingerprint density at radius 1 is 1.21 bits per heavy atom. The van der Waals surface area contributed by atoms with Gasteiger partial charge in [0.2, 0.25) is 0 Å². The minimum Gasteiger partial charge on any atom is -0.373 e. The fourth-order valence-electron chi connectivity index (χ4n) is 2.60.